The second kappa shape index (κ2) is 5.74. The lowest BCUT2D eigenvalue weighted by atomic mass is 9.81. The zero-order valence-electron chi connectivity index (χ0n) is 12.4. The van der Waals surface area contributed by atoms with Crippen molar-refractivity contribution in [3.8, 4) is 0 Å². The molecule has 3 rings (SSSR count). The van der Waals surface area contributed by atoms with Gasteiger partial charge in [-0.05, 0) is 37.5 Å². The molecule has 4 heteroatoms. The van der Waals surface area contributed by atoms with Gasteiger partial charge in [-0.2, -0.15) is 0 Å². The third-order valence-corrected chi connectivity index (χ3v) is 5.33. The molecule has 2 aliphatic carbocycles. The molecule has 2 saturated carbocycles. The summed E-state index contributed by atoms with van der Waals surface area (Å²) in [6.07, 6.45) is 8.67. The lowest BCUT2D eigenvalue weighted by Crippen LogP contribution is -2.52. The van der Waals surface area contributed by atoms with Crippen molar-refractivity contribution in [2.75, 3.05) is 6.54 Å². The Kier molecular flexibility index (Phi) is 3.99. The van der Waals surface area contributed by atoms with Gasteiger partial charge in [0.2, 0.25) is 11.8 Å². The molecule has 3 atom stereocenters. The molecule has 3 fully saturated rings. The molecule has 1 heterocycles. The molecule has 0 aromatic heterocycles. The van der Waals surface area contributed by atoms with Gasteiger partial charge in [-0.15, -0.1) is 0 Å². The summed E-state index contributed by atoms with van der Waals surface area (Å²) in [5, 5.41) is 2.96. The fraction of sp³-hybridized carbons (Fsp3) is 0.875. The number of hydrogen-bond acceptors (Lipinski definition) is 2. The van der Waals surface area contributed by atoms with E-state index in [1.165, 1.54) is 19.3 Å². The van der Waals surface area contributed by atoms with E-state index in [1.807, 2.05) is 0 Å². The van der Waals surface area contributed by atoms with Crippen LogP contribution in [0.4, 0.5) is 0 Å². The normalized spacial score (nSPS) is 35.6. The fourth-order valence-corrected chi connectivity index (χ4v) is 3.97. The molecule has 0 bridgehead atoms. The summed E-state index contributed by atoms with van der Waals surface area (Å²) in [5.74, 6) is 1.28. The predicted molar refractivity (Wildman–Crippen MR) is 77.0 cm³/mol. The molecule has 112 valence electrons. The smallest absolute Gasteiger partial charge is 0.245 e. The van der Waals surface area contributed by atoms with Crippen LogP contribution in [0.1, 0.15) is 58.3 Å². The van der Waals surface area contributed by atoms with Crippen LogP contribution in [-0.2, 0) is 9.59 Å². The number of hydrogen-bond donors (Lipinski definition) is 1. The van der Waals surface area contributed by atoms with Gasteiger partial charge in [0.1, 0.15) is 6.04 Å². The molecule has 1 aliphatic heterocycles. The Morgan fingerprint density at radius 3 is 2.60 bits per heavy atom. The molecule has 20 heavy (non-hydrogen) atoms. The molecule has 3 aliphatic rings. The van der Waals surface area contributed by atoms with Gasteiger partial charge in [0, 0.05) is 19.0 Å². The minimum atomic E-state index is -0.232. The molecule has 2 amide bonds. The highest BCUT2D eigenvalue weighted by molar-refractivity contribution is 5.90. The summed E-state index contributed by atoms with van der Waals surface area (Å²) in [6, 6.07) is 0.139. The zero-order valence-corrected chi connectivity index (χ0v) is 12.4. The maximum Gasteiger partial charge on any atom is 0.245 e. The van der Waals surface area contributed by atoms with Gasteiger partial charge in [0.15, 0.2) is 0 Å². The minimum absolute atomic E-state index is 0.0570. The van der Waals surface area contributed by atoms with Gasteiger partial charge in [-0.1, -0.05) is 26.2 Å². The Hall–Kier alpha value is -1.06. The molecule has 0 aromatic rings. The molecule has 1 N–H and O–H groups in total. The van der Waals surface area contributed by atoms with Crippen molar-refractivity contribution in [2.45, 2.75) is 70.4 Å². The SMILES string of the molecule is CCC1CCCCC1N1CCC(=O)NC(C2CC2)C1=O. The van der Waals surface area contributed by atoms with E-state index in [1.54, 1.807) is 0 Å². The molecular formula is C16H26N2O2. The average Bonchev–Trinajstić information content (AvgIpc) is 3.29. The summed E-state index contributed by atoms with van der Waals surface area (Å²) in [5.41, 5.74) is 0. The van der Waals surface area contributed by atoms with Crippen molar-refractivity contribution in [1.82, 2.24) is 10.2 Å². The first-order chi connectivity index (χ1) is 9.70. The molecule has 1 saturated heterocycles. The van der Waals surface area contributed by atoms with Crippen LogP contribution in [0.5, 0.6) is 0 Å². The first-order valence-corrected chi connectivity index (χ1v) is 8.30. The van der Waals surface area contributed by atoms with Crippen molar-refractivity contribution in [1.29, 1.82) is 0 Å². The van der Waals surface area contributed by atoms with Gasteiger partial charge in [0.25, 0.3) is 0 Å². The summed E-state index contributed by atoms with van der Waals surface area (Å²) in [6.45, 7) is 2.85. The summed E-state index contributed by atoms with van der Waals surface area (Å²) >= 11 is 0. The minimum Gasteiger partial charge on any atom is -0.344 e. The standard InChI is InChI=1S/C16H26N2O2/c1-2-11-5-3-4-6-13(11)18-10-9-14(19)17-15(16(18)20)12-7-8-12/h11-13,15H,2-10H2,1H3,(H,17,19). The second-order valence-corrected chi connectivity index (χ2v) is 6.68. The van der Waals surface area contributed by atoms with Crippen LogP contribution >= 0.6 is 0 Å². The van der Waals surface area contributed by atoms with Crippen LogP contribution in [-0.4, -0.2) is 35.3 Å². The molecule has 0 spiro atoms. The topological polar surface area (TPSA) is 49.4 Å². The van der Waals surface area contributed by atoms with Crippen LogP contribution in [0, 0.1) is 11.8 Å². The van der Waals surface area contributed by atoms with Gasteiger partial charge >= 0.3 is 0 Å². The summed E-state index contributed by atoms with van der Waals surface area (Å²) in [7, 11) is 0. The maximum atomic E-state index is 12.8. The van der Waals surface area contributed by atoms with Crippen molar-refractivity contribution >= 4 is 11.8 Å². The van der Waals surface area contributed by atoms with Gasteiger partial charge in [0.05, 0.1) is 0 Å². The third kappa shape index (κ3) is 2.70. The summed E-state index contributed by atoms with van der Waals surface area (Å²) in [4.78, 5) is 26.8. The first kappa shape index (κ1) is 13.9. The third-order valence-electron chi connectivity index (χ3n) is 5.33. The average molecular weight is 278 g/mol. The number of carbonyl (C=O) groups is 2. The van der Waals surface area contributed by atoms with Gasteiger partial charge < -0.3 is 10.2 Å². The van der Waals surface area contributed by atoms with Crippen molar-refractivity contribution in [3.63, 3.8) is 0 Å². The highest BCUT2D eigenvalue weighted by Crippen LogP contribution is 2.37. The van der Waals surface area contributed by atoms with E-state index in [0.717, 1.165) is 25.7 Å². The molecule has 3 unspecified atom stereocenters. The quantitative estimate of drug-likeness (QED) is 0.859. The largest absolute Gasteiger partial charge is 0.344 e. The molecule has 0 aromatic carbocycles. The number of nitrogens with zero attached hydrogens (tertiary/aromatic N) is 1. The molecule has 0 radical (unpaired) electrons. The van der Waals surface area contributed by atoms with E-state index in [9.17, 15) is 9.59 Å². The van der Waals surface area contributed by atoms with Crippen molar-refractivity contribution in [2.24, 2.45) is 11.8 Å². The van der Waals surface area contributed by atoms with E-state index >= 15 is 0 Å². The molecular weight excluding hydrogens is 252 g/mol. The fourth-order valence-electron chi connectivity index (χ4n) is 3.97. The lowest BCUT2D eigenvalue weighted by molar-refractivity contribution is -0.138. The monoisotopic (exact) mass is 278 g/mol. The van der Waals surface area contributed by atoms with Gasteiger partial charge in [-0.3, -0.25) is 9.59 Å². The maximum absolute atomic E-state index is 12.8. The summed E-state index contributed by atoms with van der Waals surface area (Å²) < 4.78 is 0. The van der Waals surface area contributed by atoms with Crippen LogP contribution in [0.2, 0.25) is 0 Å². The van der Waals surface area contributed by atoms with E-state index in [-0.39, 0.29) is 17.9 Å². The number of nitrogens with one attached hydrogen (secondary N) is 1. The van der Waals surface area contributed by atoms with Crippen LogP contribution in [0.25, 0.3) is 0 Å². The highest BCUT2D eigenvalue weighted by atomic mass is 16.2. The Morgan fingerprint density at radius 1 is 1.15 bits per heavy atom. The number of rotatable bonds is 3. The van der Waals surface area contributed by atoms with Crippen LogP contribution in [0.3, 0.4) is 0 Å². The Morgan fingerprint density at radius 2 is 1.90 bits per heavy atom. The molecule has 4 nitrogen and oxygen atoms in total. The van der Waals surface area contributed by atoms with E-state index in [4.69, 9.17) is 0 Å². The lowest BCUT2D eigenvalue weighted by Gasteiger charge is -2.40. The van der Waals surface area contributed by atoms with Crippen LogP contribution in [0.15, 0.2) is 0 Å². The Bertz CT molecular complexity index is 392. The van der Waals surface area contributed by atoms with E-state index in [2.05, 4.69) is 17.1 Å². The Balaban J connectivity index is 1.78. The Labute approximate surface area is 121 Å². The van der Waals surface area contributed by atoms with Crippen molar-refractivity contribution in [3.05, 3.63) is 0 Å². The zero-order chi connectivity index (χ0) is 14.1. The number of carbonyl (C=O) groups excluding carboxylic acids is 2. The second-order valence-electron chi connectivity index (χ2n) is 6.68. The van der Waals surface area contributed by atoms with Crippen molar-refractivity contribution < 1.29 is 9.59 Å². The number of amides is 2. The van der Waals surface area contributed by atoms with E-state index < -0.39 is 0 Å². The predicted octanol–water partition coefficient (Wildman–Crippen LogP) is 2.08. The first-order valence-electron chi connectivity index (χ1n) is 8.30. The van der Waals surface area contributed by atoms with Crippen LogP contribution < -0.4 is 5.32 Å². The highest BCUT2D eigenvalue weighted by Gasteiger charge is 2.43. The van der Waals surface area contributed by atoms with E-state index in [0.29, 0.717) is 30.8 Å². The van der Waals surface area contributed by atoms with Gasteiger partial charge in [-0.25, -0.2) is 0 Å².